The molecule has 0 aliphatic carbocycles. The Labute approximate surface area is 184 Å². The summed E-state index contributed by atoms with van der Waals surface area (Å²) in [6.45, 7) is 4.40. The summed E-state index contributed by atoms with van der Waals surface area (Å²) in [5, 5.41) is 0. The molecule has 0 atom stereocenters. The number of rotatable bonds is 3. The number of hydrogen-bond donors (Lipinski definition) is 4. The molecule has 0 aliphatic rings. The Morgan fingerprint density at radius 1 is 0.387 bits per heavy atom. The fourth-order valence-electron chi connectivity index (χ4n) is 3.32. The third-order valence-corrected chi connectivity index (χ3v) is 5.42. The first-order chi connectivity index (χ1) is 14.8. The van der Waals surface area contributed by atoms with Crippen LogP contribution in [0.3, 0.4) is 0 Å². The Kier molecular flexibility index (Phi) is 6.51. The van der Waals surface area contributed by atoms with Crippen molar-refractivity contribution in [2.24, 2.45) is 0 Å². The molecule has 0 fully saturated rings. The molecule has 0 aromatic heterocycles. The molecule has 0 aliphatic heterocycles. The van der Waals surface area contributed by atoms with E-state index in [1.54, 1.807) is 0 Å². The van der Waals surface area contributed by atoms with E-state index < -0.39 is 0 Å². The van der Waals surface area contributed by atoms with Crippen LogP contribution in [-0.4, -0.2) is 0 Å². The van der Waals surface area contributed by atoms with Gasteiger partial charge in [0.25, 0.3) is 0 Å². The van der Waals surface area contributed by atoms with E-state index in [1.807, 2.05) is 72.8 Å². The third kappa shape index (κ3) is 5.58. The first kappa shape index (κ1) is 21.8. The lowest BCUT2D eigenvalue weighted by molar-refractivity contribution is 0.641. The molecule has 0 bridgehead atoms. The van der Waals surface area contributed by atoms with Crippen LogP contribution >= 0.6 is 0 Å². The molecule has 4 aromatic rings. The number of nitrogen functional groups attached to an aromatic ring is 4. The van der Waals surface area contributed by atoms with E-state index in [9.17, 15) is 0 Å². The second-order valence-corrected chi connectivity index (χ2v) is 8.11. The summed E-state index contributed by atoms with van der Waals surface area (Å²) in [6.07, 6.45) is 0. The van der Waals surface area contributed by atoms with E-state index in [0.29, 0.717) is 0 Å². The molecule has 4 heteroatoms. The molecule has 0 heterocycles. The molecule has 8 N–H and O–H groups in total. The maximum Gasteiger partial charge on any atom is 0.0314 e. The zero-order valence-corrected chi connectivity index (χ0v) is 18.0. The summed E-state index contributed by atoms with van der Waals surface area (Å²) in [6, 6.07) is 31.6. The van der Waals surface area contributed by atoms with Crippen LogP contribution in [0.5, 0.6) is 0 Å². The number of nitrogens with two attached hydrogens (primary N) is 4. The van der Waals surface area contributed by atoms with Crippen LogP contribution in [0.2, 0.25) is 0 Å². The smallest absolute Gasteiger partial charge is 0.0314 e. The molecule has 0 radical (unpaired) electrons. The Hall–Kier alpha value is -3.92. The van der Waals surface area contributed by atoms with Gasteiger partial charge in [-0.3, -0.25) is 0 Å². The van der Waals surface area contributed by atoms with E-state index in [2.05, 4.69) is 38.1 Å². The van der Waals surface area contributed by atoms with Crippen molar-refractivity contribution >= 4 is 22.7 Å². The second-order valence-electron chi connectivity index (χ2n) is 8.11. The zero-order chi connectivity index (χ0) is 22.4. The summed E-state index contributed by atoms with van der Waals surface area (Å²) in [4.78, 5) is 0. The Bertz CT molecular complexity index is 1010. The third-order valence-electron chi connectivity index (χ3n) is 5.42. The molecule has 4 rings (SSSR count). The number of hydrogen-bond acceptors (Lipinski definition) is 4. The fourth-order valence-corrected chi connectivity index (χ4v) is 3.32. The summed E-state index contributed by atoms with van der Waals surface area (Å²) < 4.78 is 0. The molecule has 4 nitrogen and oxygen atoms in total. The molecule has 31 heavy (non-hydrogen) atoms. The van der Waals surface area contributed by atoms with E-state index in [-0.39, 0.29) is 5.41 Å². The highest BCUT2D eigenvalue weighted by atomic mass is 14.5. The highest BCUT2D eigenvalue weighted by Crippen LogP contribution is 2.32. The molecule has 158 valence electrons. The predicted molar refractivity (Wildman–Crippen MR) is 135 cm³/mol. The fraction of sp³-hybridized carbons (Fsp3) is 0.111. The van der Waals surface area contributed by atoms with Gasteiger partial charge in [-0.1, -0.05) is 62.4 Å². The van der Waals surface area contributed by atoms with Crippen molar-refractivity contribution in [3.8, 4) is 11.1 Å². The van der Waals surface area contributed by atoms with Crippen molar-refractivity contribution < 1.29 is 0 Å². The van der Waals surface area contributed by atoms with Gasteiger partial charge in [0, 0.05) is 28.2 Å². The monoisotopic (exact) mass is 410 g/mol. The maximum atomic E-state index is 5.71. The zero-order valence-electron chi connectivity index (χ0n) is 18.0. The van der Waals surface area contributed by atoms with Crippen LogP contribution < -0.4 is 22.9 Å². The molecule has 4 aromatic carbocycles. The van der Waals surface area contributed by atoms with Crippen molar-refractivity contribution in [3.05, 3.63) is 108 Å². The molecule has 0 saturated heterocycles. The topological polar surface area (TPSA) is 104 Å². The van der Waals surface area contributed by atoms with Crippen LogP contribution in [0, 0.1) is 0 Å². The molecular weight excluding hydrogens is 380 g/mol. The minimum atomic E-state index is -0.0403. The van der Waals surface area contributed by atoms with Gasteiger partial charge in [0.05, 0.1) is 0 Å². The van der Waals surface area contributed by atoms with Gasteiger partial charge in [-0.2, -0.15) is 0 Å². The lowest BCUT2D eigenvalue weighted by Crippen LogP contribution is -2.18. The summed E-state index contributed by atoms with van der Waals surface area (Å²) in [7, 11) is 0. The van der Waals surface area contributed by atoms with Gasteiger partial charge < -0.3 is 22.9 Å². The average molecular weight is 411 g/mol. The second kappa shape index (κ2) is 9.26. The summed E-state index contributed by atoms with van der Waals surface area (Å²) in [5.74, 6) is 0. The lowest BCUT2D eigenvalue weighted by Gasteiger charge is -2.26. The average Bonchev–Trinajstić information content (AvgIpc) is 2.76. The van der Waals surface area contributed by atoms with Gasteiger partial charge in [-0.25, -0.2) is 0 Å². The standard InChI is InChI=1S/C15H18N2.C12H12N2/c1-15(2,11-3-7-13(16)8-4-11)12-5-9-14(17)10-6-12;13-11-5-1-9(2-6-11)10-3-7-12(14)8-4-10/h3-10H,16-17H2,1-2H3;1-8H,13-14H2. The van der Waals surface area contributed by atoms with Crippen molar-refractivity contribution in [1.82, 2.24) is 0 Å². The van der Waals surface area contributed by atoms with Gasteiger partial charge >= 0.3 is 0 Å². The van der Waals surface area contributed by atoms with E-state index >= 15 is 0 Å². The molecule has 0 unspecified atom stereocenters. The van der Waals surface area contributed by atoms with E-state index in [0.717, 1.165) is 33.9 Å². The van der Waals surface area contributed by atoms with Crippen molar-refractivity contribution in [2.45, 2.75) is 19.3 Å². The molecule has 0 saturated carbocycles. The molecule has 0 amide bonds. The summed E-state index contributed by atoms with van der Waals surface area (Å²) in [5.41, 5.74) is 30.5. The Balaban J connectivity index is 0.000000179. The van der Waals surface area contributed by atoms with Crippen LogP contribution in [0.4, 0.5) is 22.7 Å². The normalized spacial score (nSPS) is 10.8. The van der Waals surface area contributed by atoms with E-state index in [1.165, 1.54) is 11.1 Å². The SMILES string of the molecule is CC(C)(c1ccc(N)cc1)c1ccc(N)cc1.Nc1ccc(-c2ccc(N)cc2)cc1. The van der Waals surface area contributed by atoms with Crippen LogP contribution in [-0.2, 0) is 5.41 Å². The van der Waals surface area contributed by atoms with Gasteiger partial charge in [-0.15, -0.1) is 0 Å². The molecular formula is C27H30N4. The Morgan fingerprint density at radius 2 is 0.613 bits per heavy atom. The maximum absolute atomic E-state index is 5.71. The highest BCUT2D eigenvalue weighted by molar-refractivity contribution is 5.67. The molecule has 0 spiro atoms. The predicted octanol–water partition coefficient (Wildman–Crippen LogP) is 5.69. The van der Waals surface area contributed by atoms with Crippen molar-refractivity contribution in [1.29, 1.82) is 0 Å². The quantitative estimate of drug-likeness (QED) is 0.325. The minimum Gasteiger partial charge on any atom is -0.399 e. The van der Waals surface area contributed by atoms with Crippen molar-refractivity contribution in [3.63, 3.8) is 0 Å². The first-order valence-electron chi connectivity index (χ1n) is 10.2. The largest absolute Gasteiger partial charge is 0.399 e. The van der Waals surface area contributed by atoms with Crippen LogP contribution in [0.1, 0.15) is 25.0 Å². The lowest BCUT2D eigenvalue weighted by atomic mass is 9.78. The first-order valence-corrected chi connectivity index (χ1v) is 10.2. The van der Waals surface area contributed by atoms with Gasteiger partial charge in [-0.05, 0) is 70.8 Å². The van der Waals surface area contributed by atoms with E-state index in [4.69, 9.17) is 22.9 Å². The highest BCUT2D eigenvalue weighted by Gasteiger charge is 2.22. The van der Waals surface area contributed by atoms with Gasteiger partial charge in [0.15, 0.2) is 0 Å². The number of anilines is 4. The Morgan fingerprint density at radius 3 is 0.871 bits per heavy atom. The summed E-state index contributed by atoms with van der Waals surface area (Å²) >= 11 is 0. The van der Waals surface area contributed by atoms with Crippen LogP contribution in [0.15, 0.2) is 97.1 Å². The van der Waals surface area contributed by atoms with Gasteiger partial charge in [0.2, 0.25) is 0 Å². The van der Waals surface area contributed by atoms with Crippen molar-refractivity contribution in [2.75, 3.05) is 22.9 Å². The van der Waals surface area contributed by atoms with Crippen LogP contribution in [0.25, 0.3) is 11.1 Å². The van der Waals surface area contributed by atoms with Gasteiger partial charge in [0.1, 0.15) is 0 Å². The number of benzene rings is 4. The minimum absolute atomic E-state index is 0.0403.